The summed E-state index contributed by atoms with van der Waals surface area (Å²) in [6, 6.07) is 8.37. The molecule has 1 aromatic heterocycles. The third kappa shape index (κ3) is 3.61. The number of aromatic nitrogens is 1. The molecule has 6 nitrogen and oxygen atoms in total. The number of rotatable bonds is 6. The lowest BCUT2D eigenvalue weighted by molar-refractivity contribution is -0.116. The number of H-pyrrole nitrogens is 1. The number of hydrogen-bond donors (Lipinski definition) is 4. The maximum Gasteiger partial charge on any atom is 0.315 e. The number of anilines is 1. The predicted octanol–water partition coefficient (Wildman–Crippen LogP) is 2.83. The molecule has 2 fully saturated rings. The van der Waals surface area contributed by atoms with Crippen LogP contribution in [0.4, 0.5) is 10.5 Å². The van der Waals surface area contributed by atoms with E-state index in [-0.39, 0.29) is 24.0 Å². The van der Waals surface area contributed by atoms with Gasteiger partial charge in [-0.25, -0.2) is 4.79 Å². The second kappa shape index (κ2) is 7.00. The van der Waals surface area contributed by atoms with Crippen molar-refractivity contribution in [3.8, 4) is 0 Å². The normalized spacial score (nSPS) is 24.8. The average molecular weight is 358 g/mol. The van der Waals surface area contributed by atoms with E-state index in [0.717, 1.165) is 41.6 Å². The number of amides is 3. The van der Waals surface area contributed by atoms with Crippen molar-refractivity contribution in [1.29, 1.82) is 0 Å². The van der Waals surface area contributed by atoms with Gasteiger partial charge in [0.25, 0.3) is 0 Å². The van der Waals surface area contributed by atoms with Gasteiger partial charge in [0.1, 0.15) is 0 Å². The Hall–Kier alpha value is -2.15. The van der Waals surface area contributed by atoms with Crippen LogP contribution in [0.15, 0.2) is 30.5 Å². The Labute approximate surface area is 150 Å². The Morgan fingerprint density at radius 3 is 3.08 bits per heavy atom. The van der Waals surface area contributed by atoms with E-state index in [1.807, 2.05) is 42.2 Å². The molecule has 4 rings (SSSR count). The summed E-state index contributed by atoms with van der Waals surface area (Å²) in [7, 11) is 0. The number of aromatic amines is 1. The van der Waals surface area contributed by atoms with Crippen molar-refractivity contribution >= 4 is 40.3 Å². The summed E-state index contributed by atoms with van der Waals surface area (Å²) in [5.74, 6) is 1.04. The molecule has 4 N–H and O–H groups in total. The van der Waals surface area contributed by atoms with Gasteiger partial charge in [0.15, 0.2) is 0 Å². The van der Waals surface area contributed by atoms with E-state index in [0.29, 0.717) is 11.7 Å². The lowest BCUT2D eigenvalue weighted by atomic mass is 10.0. The Morgan fingerprint density at radius 1 is 1.24 bits per heavy atom. The van der Waals surface area contributed by atoms with E-state index >= 15 is 0 Å². The first-order valence-electron chi connectivity index (χ1n) is 8.75. The minimum atomic E-state index is -0.0429. The molecule has 0 aliphatic carbocycles. The second-order valence-corrected chi connectivity index (χ2v) is 7.97. The van der Waals surface area contributed by atoms with Gasteiger partial charge in [0.05, 0.1) is 12.1 Å². The number of carbonyl (C=O) groups excluding carboxylic acids is 2. The topological polar surface area (TPSA) is 86.0 Å². The lowest BCUT2D eigenvalue weighted by Gasteiger charge is -2.16. The molecule has 0 spiro atoms. The van der Waals surface area contributed by atoms with Crippen LogP contribution in [0.2, 0.25) is 0 Å². The van der Waals surface area contributed by atoms with Crippen LogP contribution in [0.25, 0.3) is 10.9 Å². The van der Waals surface area contributed by atoms with Crippen molar-refractivity contribution in [2.75, 3.05) is 11.1 Å². The highest BCUT2D eigenvalue weighted by atomic mass is 32.2. The highest BCUT2D eigenvalue weighted by Crippen LogP contribution is 2.33. The first-order chi connectivity index (χ1) is 12.2. The zero-order valence-electron chi connectivity index (χ0n) is 13.9. The molecule has 3 heterocycles. The summed E-state index contributed by atoms with van der Waals surface area (Å²) >= 11 is 1.92. The Balaban J connectivity index is 1.19. The zero-order chi connectivity index (χ0) is 17.2. The Morgan fingerprint density at radius 2 is 2.16 bits per heavy atom. The number of nitrogens with one attached hydrogen (secondary N) is 4. The molecule has 2 aliphatic rings. The molecule has 25 heavy (non-hydrogen) atoms. The van der Waals surface area contributed by atoms with Crippen molar-refractivity contribution in [3.63, 3.8) is 0 Å². The highest BCUT2D eigenvalue weighted by molar-refractivity contribution is 8.00. The molecule has 2 aromatic rings. The van der Waals surface area contributed by atoms with E-state index in [1.54, 1.807) is 0 Å². The Kier molecular flexibility index (Phi) is 4.57. The number of fused-ring (bicyclic) bond motifs is 2. The van der Waals surface area contributed by atoms with Crippen molar-refractivity contribution in [3.05, 3.63) is 30.5 Å². The molecule has 0 unspecified atom stereocenters. The van der Waals surface area contributed by atoms with E-state index < -0.39 is 0 Å². The Bertz CT molecular complexity index is 790. The summed E-state index contributed by atoms with van der Waals surface area (Å²) in [6.45, 7) is 0. The molecule has 2 aliphatic heterocycles. The molecule has 1 aromatic carbocycles. The number of benzene rings is 1. The molecule has 3 atom stereocenters. The average Bonchev–Trinajstić information content (AvgIpc) is 3.27. The van der Waals surface area contributed by atoms with Crippen LogP contribution in [0.3, 0.4) is 0 Å². The third-order valence-electron chi connectivity index (χ3n) is 4.92. The van der Waals surface area contributed by atoms with E-state index in [2.05, 4.69) is 20.9 Å². The van der Waals surface area contributed by atoms with E-state index in [1.165, 1.54) is 0 Å². The largest absolute Gasteiger partial charge is 0.361 e. The molecule has 7 heteroatoms. The van der Waals surface area contributed by atoms with Gasteiger partial charge in [0, 0.05) is 34.8 Å². The van der Waals surface area contributed by atoms with Crippen LogP contribution in [-0.2, 0) is 4.79 Å². The molecule has 2 saturated heterocycles. The molecule has 0 bridgehead atoms. The second-order valence-electron chi connectivity index (χ2n) is 6.70. The van der Waals surface area contributed by atoms with Crippen molar-refractivity contribution in [1.82, 2.24) is 15.6 Å². The predicted molar refractivity (Wildman–Crippen MR) is 101 cm³/mol. The van der Waals surface area contributed by atoms with Crippen molar-refractivity contribution < 1.29 is 9.59 Å². The standard InChI is InChI=1S/C18H22N4O2S/c23-16(20-12-6-5-11-7-8-19-13(11)9-12)4-2-1-3-15-17-14(10-25-15)21-18(24)22-17/h5-9,14-15,17,19H,1-4,10H2,(H,20,23)(H2,21,22,24)/t14-,15+,17+/m1/s1. The number of urea groups is 1. The molecule has 132 valence electrons. The van der Waals surface area contributed by atoms with Crippen LogP contribution >= 0.6 is 11.8 Å². The maximum atomic E-state index is 12.1. The minimum absolute atomic E-state index is 0.0429. The van der Waals surface area contributed by atoms with Crippen LogP contribution in [0.1, 0.15) is 25.7 Å². The van der Waals surface area contributed by atoms with E-state index in [9.17, 15) is 9.59 Å². The van der Waals surface area contributed by atoms with E-state index in [4.69, 9.17) is 0 Å². The summed E-state index contributed by atoms with van der Waals surface area (Å²) in [4.78, 5) is 26.6. The van der Waals surface area contributed by atoms with Gasteiger partial charge >= 0.3 is 6.03 Å². The van der Waals surface area contributed by atoms with Crippen LogP contribution in [-0.4, -0.2) is 40.0 Å². The number of carbonyl (C=O) groups is 2. The fourth-order valence-corrected chi connectivity index (χ4v) is 5.17. The first kappa shape index (κ1) is 16.3. The SMILES string of the molecule is O=C(CCCC[C@@H]1SC[C@H]2NC(=O)N[C@H]12)Nc1ccc2cc[nH]c2c1. The molecular formula is C18H22N4O2S. The summed E-state index contributed by atoms with van der Waals surface area (Å²) in [5.41, 5.74) is 1.85. The van der Waals surface area contributed by atoms with Gasteiger partial charge in [-0.15, -0.1) is 0 Å². The van der Waals surface area contributed by atoms with Crippen LogP contribution < -0.4 is 16.0 Å². The van der Waals surface area contributed by atoms with Crippen molar-refractivity contribution in [2.45, 2.75) is 43.0 Å². The van der Waals surface area contributed by atoms with Gasteiger partial charge < -0.3 is 20.9 Å². The van der Waals surface area contributed by atoms with Gasteiger partial charge in [-0.05, 0) is 36.4 Å². The summed E-state index contributed by atoms with van der Waals surface area (Å²) in [5, 5.41) is 10.5. The minimum Gasteiger partial charge on any atom is -0.361 e. The summed E-state index contributed by atoms with van der Waals surface area (Å²) in [6.07, 6.45) is 5.32. The van der Waals surface area contributed by atoms with Crippen molar-refractivity contribution in [2.24, 2.45) is 0 Å². The number of thioether (sulfide) groups is 1. The number of unbranched alkanes of at least 4 members (excludes halogenated alkanes) is 1. The van der Waals surface area contributed by atoms with Crippen LogP contribution in [0, 0.1) is 0 Å². The quantitative estimate of drug-likeness (QED) is 0.473. The maximum absolute atomic E-state index is 12.1. The molecule has 0 radical (unpaired) electrons. The number of hydrogen-bond acceptors (Lipinski definition) is 3. The van der Waals surface area contributed by atoms with Gasteiger partial charge in [-0.2, -0.15) is 11.8 Å². The summed E-state index contributed by atoms with van der Waals surface area (Å²) < 4.78 is 0. The van der Waals surface area contributed by atoms with Crippen LogP contribution in [0.5, 0.6) is 0 Å². The first-order valence-corrected chi connectivity index (χ1v) is 9.79. The molecular weight excluding hydrogens is 336 g/mol. The van der Waals surface area contributed by atoms with Gasteiger partial charge in [0.2, 0.25) is 5.91 Å². The molecule has 3 amide bonds. The fraction of sp³-hybridized carbons (Fsp3) is 0.444. The third-order valence-corrected chi connectivity index (χ3v) is 6.43. The van der Waals surface area contributed by atoms with Gasteiger partial charge in [-0.1, -0.05) is 12.5 Å². The van der Waals surface area contributed by atoms with Gasteiger partial charge in [-0.3, -0.25) is 4.79 Å². The highest BCUT2D eigenvalue weighted by Gasteiger charge is 2.42. The molecule has 0 saturated carbocycles. The monoisotopic (exact) mass is 358 g/mol. The lowest BCUT2D eigenvalue weighted by Crippen LogP contribution is -2.36. The smallest absolute Gasteiger partial charge is 0.315 e. The fourth-order valence-electron chi connectivity index (χ4n) is 3.62. The zero-order valence-corrected chi connectivity index (χ0v) is 14.7.